The molecule has 6 nitrogen and oxygen atoms in total. The smallest absolute Gasteiger partial charge is 0.180 e. The van der Waals surface area contributed by atoms with Crippen LogP contribution in [0.4, 0.5) is 5.69 Å². The van der Waals surface area contributed by atoms with Gasteiger partial charge in [-0.1, -0.05) is 13.8 Å². The molecule has 6 heteroatoms. The summed E-state index contributed by atoms with van der Waals surface area (Å²) in [5.74, 6) is 1.03. The van der Waals surface area contributed by atoms with E-state index in [1.807, 2.05) is 12.3 Å². The third kappa shape index (κ3) is 4.55. The van der Waals surface area contributed by atoms with Gasteiger partial charge in [-0.15, -0.1) is 0 Å². The molecule has 3 rings (SSSR count). The van der Waals surface area contributed by atoms with Crippen LogP contribution in [-0.4, -0.2) is 58.4 Å². The molecule has 0 N–H and O–H groups in total. The molecule has 0 amide bonds. The van der Waals surface area contributed by atoms with Crippen molar-refractivity contribution in [1.82, 2.24) is 19.9 Å². The van der Waals surface area contributed by atoms with Crippen LogP contribution in [0, 0.1) is 5.92 Å². The van der Waals surface area contributed by atoms with Crippen LogP contribution in [0.25, 0.3) is 11.2 Å². The van der Waals surface area contributed by atoms with Gasteiger partial charge < -0.3 is 4.90 Å². The van der Waals surface area contributed by atoms with Crippen molar-refractivity contribution in [3.8, 4) is 0 Å². The number of likely N-dealkylation sites (N-methyl/N-ethyl adjacent to an activating group) is 1. The summed E-state index contributed by atoms with van der Waals surface area (Å²) < 4.78 is 0. The SMILES string of the molecule is CCN(CC)CC(=O)CCC1CCN(c2ccnc3nccnc23)CC1. The molecular formula is C20H29N5O. The van der Waals surface area contributed by atoms with Crippen LogP contribution in [0.2, 0.25) is 0 Å². The molecule has 2 aromatic heterocycles. The lowest BCUT2D eigenvalue weighted by atomic mass is 9.91. The summed E-state index contributed by atoms with van der Waals surface area (Å²) in [6.45, 7) is 8.73. The Balaban J connectivity index is 1.51. The monoisotopic (exact) mass is 355 g/mol. The highest BCUT2D eigenvalue weighted by Gasteiger charge is 2.22. The summed E-state index contributed by atoms with van der Waals surface area (Å²) in [6, 6.07) is 2.03. The van der Waals surface area contributed by atoms with Crippen molar-refractivity contribution in [2.45, 2.75) is 39.5 Å². The van der Waals surface area contributed by atoms with E-state index in [0.717, 1.165) is 56.6 Å². The van der Waals surface area contributed by atoms with Gasteiger partial charge in [0.2, 0.25) is 0 Å². The Bertz CT molecular complexity index is 718. The lowest BCUT2D eigenvalue weighted by molar-refractivity contribution is -0.120. The van der Waals surface area contributed by atoms with Gasteiger partial charge in [0.05, 0.1) is 12.2 Å². The summed E-state index contributed by atoms with van der Waals surface area (Å²) in [7, 11) is 0. The second-order valence-electron chi connectivity index (χ2n) is 7.03. The first-order valence-corrected chi connectivity index (χ1v) is 9.76. The Labute approximate surface area is 155 Å². The zero-order chi connectivity index (χ0) is 18.4. The van der Waals surface area contributed by atoms with Crippen molar-refractivity contribution >= 4 is 22.6 Å². The zero-order valence-electron chi connectivity index (χ0n) is 15.9. The number of hydrogen-bond donors (Lipinski definition) is 0. The third-order valence-corrected chi connectivity index (χ3v) is 5.43. The second kappa shape index (κ2) is 9.03. The summed E-state index contributed by atoms with van der Waals surface area (Å²) in [5.41, 5.74) is 2.70. The van der Waals surface area contributed by atoms with Gasteiger partial charge in [0.15, 0.2) is 5.65 Å². The quantitative estimate of drug-likeness (QED) is 0.725. The van der Waals surface area contributed by atoms with Gasteiger partial charge in [0.1, 0.15) is 11.3 Å². The number of nitrogens with zero attached hydrogens (tertiary/aromatic N) is 5. The number of carbonyl (C=O) groups is 1. The minimum atomic E-state index is 0.381. The van der Waals surface area contributed by atoms with Crippen molar-refractivity contribution in [3.63, 3.8) is 0 Å². The lowest BCUT2D eigenvalue weighted by Crippen LogP contribution is -2.34. The molecule has 0 aliphatic carbocycles. The molecule has 0 saturated carbocycles. The number of pyridine rings is 1. The highest BCUT2D eigenvalue weighted by atomic mass is 16.1. The Morgan fingerprint density at radius 1 is 1.12 bits per heavy atom. The number of rotatable bonds is 8. The topological polar surface area (TPSA) is 62.2 Å². The van der Waals surface area contributed by atoms with E-state index in [0.29, 0.717) is 30.3 Å². The van der Waals surface area contributed by atoms with Crippen LogP contribution in [-0.2, 0) is 4.79 Å². The van der Waals surface area contributed by atoms with Crippen molar-refractivity contribution in [2.75, 3.05) is 37.6 Å². The van der Waals surface area contributed by atoms with Crippen molar-refractivity contribution in [1.29, 1.82) is 0 Å². The minimum absolute atomic E-state index is 0.381. The predicted octanol–water partition coefficient (Wildman–Crippen LogP) is 2.93. The van der Waals surface area contributed by atoms with Gasteiger partial charge in [-0.05, 0) is 44.3 Å². The maximum Gasteiger partial charge on any atom is 0.180 e. The van der Waals surface area contributed by atoms with Crippen LogP contribution >= 0.6 is 0 Å². The first kappa shape index (κ1) is 18.7. The number of anilines is 1. The minimum Gasteiger partial charge on any atom is -0.370 e. The summed E-state index contributed by atoms with van der Waals surface area (Å²) in [4.78, 5) is 29.8. The maximum atomic E-state index is 12.2. The Hall–Kier alpha value is -2.08. The molecule has 0 unspecified atom stereocenters. The molecule has 0 bridgehead atoms. The number of aromatic nitrogens is 3. The Kier molecular flexibility index (Phi) is 6.50. The fraction of sp³-hybridized carbons (Fsp3) is 0.600. The van der Waals surface area contributed by atoms with E-state index in [1.54, 1.807) is 12.4 Å². The third-order valence-electron chi connectivity index (χ3n) is 5.43. The van der Waals surface area contributed by atoms with Crippen molar-refractivity contribution in [2.24, 2.45) is 5.92 Å². The zero-order valence-corrected chi connectivity index (χ0v) is 15.9. The molecule has 1 saturated heterocycles. The molecule has 26 heavy (non-hydrogen) atoms. The molecule has 1 aliphatic heterocycles. The van der Waals surface area contributed by atoms with E-state index in [-0.39, 0.29) is 0 Å². The van der Waals surface area contributed by atoms with Gasteiger partial charge >= 0.3 is 0 Å². The summed E-state index contributed by atoms with van der Waals surface area (Å²) in [6.07, 6.45) is 9.20. The number of piperidine rings is 1. The van der Waals surface area contributed by atoms with Gasteiger partial charge in [-0.2, -0.15) is 0 Å². The fourth-order valence-corrected chi connectivity index (χ4v) is 3.72. The number of ketones is 1. The number of Topliss-reactive ketones (excluding diaryl/α,β-unsaturated/α-hetero) is 1. The molecule has 0 spiro atoms. The van der Waals surface area contributed by atoms with Crippen LogP contribution in [0.15, 0.2) is 24.7 Å². The summed E-state index contributed by atoms with van der Waals surface area (Å²) >= 11 is 0. The molecule has 1 fully saturated rings. The molecule has 1 aliphatic rings. The standard InChI is InChI=1S/C20H29N5O/c1-3-24(4-2)15-17(26)6-5-16-8-13-25(14-9-16)18-7-10-22-20-19(18)21-11-12-23-20/h7,10-12,16H,3-6,8-9,13-15H2,1-2H3. The van der Waals surface area contributed by atoms with Crippen LogP contribution in [0.5, 0.6) is 0 Å². The van der Waals surface area contributed by atoms with Crippen LogP contribution < -0.4 is 4.90 Å². The first-order valence-electron chi connectivity index (χ1n) is 9.76. The number of carbonyl (C=O) groups excluding carboxylic acids is 1. The highest BCUT2D eigenvalue weighted by molar-refractivity contribution is 5.85. The molecule has 3 heterocycles. The Morgan fingerprint density at radius 2 is 1.81 bits per heavy atom. The summed E-state index contributed by atoms with van der Waals surface area (Å²) in [5, 5.41) is 0. The molecule has 0 radical (unpaired) electrons. The Morgan fingerprint density at radius 3 is 2.54 bits per heavy atom. The number of fused-ring (bicyclic) bond motifs is 1. The van der Waals surface area contributed by atoms with Crippen molar-refractivity contribution < 1.29 is 4.79 Å². The van der Waals surface area contributed by atoms with E-state index in [9.17, 15) is 4.79 Å². The maximum absolute atomic E-state index is 12.2. The molecule has 0 atom stereocenters. The van der Waals surface area contributed by atoms with Crippen LogP contribution in [0.3, 0.4) is 0 Å². The largest absolute Gasteiger partial charge is 0.370 e. The van der Waals surface area contributed by atoms with Gasteiger partial charge in [0.25, 0.3) is 0 Å². The van der Waals surface area contributed by atoms with Gasteiger partial charge in [-0.25, -0.2) is 15.0 Å². The van der Waals surface area contributed by atoms with E-state index < -0.39 is 0 Å². The molecule has 0 aromatic carbocycles. The lowest BCUT2D eigenvalue weighted by Gasteiger charge is -2.33. The average Bonchev–Trinajstić information content (AvgIpc) is 2.70. The van der Waals surface area contributed by atoms with E-state index in [1.165, 1.54) is 0 Å². The molecule has 2 aromatic rings. The normalized spacial score (nSPS) is 15.7. The van der Waals surface area contributed by atoms with Crippen LogP contribution in [0.1, 0.15) is 39.5 Å². The average molecular weight is 355 g/mol. The second-order valence-corrected chi connectivity index (χ2v) is 7.03. The van der Waals surface area contributed by atoms with Gasteiger partial charge in [-0.3, -0.25) is 9.69 Å². The van der Waals surface area contributed by atoms with E-state index >= 15 is 0 Å². The van der Waals surface area contributed by atoms with Gasteiger partial charge in [0, 0.05) is 38.1 Å². The molecular weight excluding hydrogens is 326 g/mol. The van der Waals surface area contributed by atoms with E-state index in [4.69, 9.17) is 0 Å². The predicted molar refractivity (Wildman–Crippen MR) is 104 cm³/mol. The highest BCUT2D eigenvalue weighted by Crippen LogP contribution is 2.29. The fourth-order valence-electron chi connectivity index (χ4n) is 3.72. The van der Waals surface area contributed by atoms with Crippen molar-refractivity contribution in [3.05, 3.63) is 24.7 Å². The van der Waals surface area contributed by atoms with E-state index in [2.05, 4.69) is 38.6 Å². The number of hydrogen-bond acceptors (Lipinski definition) is 6. The molecule has 140 valence electrons. The first-order chi connectivity index (χ1) is 12.7.